The Balaban J connectivity index is 1.27. The second kappa shape index (κ2) is 7.50. The van der Waals surface area contributed by atoms with E-state index in [-0.39, 0.29) is 0 Å². The van der Waals surface area contributed by atoms with Crippen molar-refractivity contribution < 1.29 is 4.52 Å². The molecule has 1 fully saturated rings. The van der Waals surface area contributed by atoms with Gasteiger partial charge < -0.3 is 9.84 Å². The molecule has 1 saturated carbocycles. The number of hydrogen-bond donors (Lipinski definition) is 1. The van der Waals surface area contributed by atoms with Crippen LogP contribution in [0.15, 0.2) is 22.7 Å². The smallest absolute Gasteiger partial charge is 0.151 e. The van der Waals surface area contributed by atoms with Gasteiger partial charge in [-0.05, 0) is 68.7 Å². The Hall–Kier alpha value is -2.18. The summed E-state index contributed by atoms with van der Waals surface area (Å²) in [5.74, 6) is 4.17. The highest BCUT2D eigenvalue weighted by atomic mass is 35.5. The van der Waals surface area contributed by atoms with Gasteiger partial charge in [-0.2, -0.15) is 0 Å². The largest absolute Gasteiger partial charge is 0.361 e. The molecule has 6 nitrogen and oxygen atoms in total. The molecule has 3 aromatic rings. The molecule has 0 amide bonds. The first kappa shape index (κ1) is 18.6. The maximum atomic E-state index is 6.25. The second-order valence-corrected chi connectivity index (χ2v) is 9.35. The summed E-state index contributed by atoms with van der Waals surface area (Å²) in [5, 5.41) is 17.9. The summed E-state index contributed by atoms with van der Waals surface area (Å²) in [6, 6.07) is 6.12. The molecule has 2 aromatic heterocycles. The van der Waals surface area contributed by atoms with Crippen LogP contribution in [0.4, 0.5) is 0 Å². The summed E-state index contributed by atoms with van der Waals surface area (Å²) < 4.78 is 7.95. The molecule has 3 aliphatic rings. The Labute approximate surface area is 181 Å². The Kier molecular flexibility index (Phi) is 4.65. The lowest BCUT2D eigenvalue weighted by Gasteiger charge is -2.28. The van der Waals surface area contributed by atoms with Gasteiger partial charge in [0.25, 0.3) is 0 Å². The maximum Gasteiger partial charge on any atom is 0.151 e. The minimum Gasteiger partial charge on any atom is -0.361 e. The molecule has 0 saturated heterocycles. The Morgan fingerprint density at radius 1 is 1.00 bits per heavy atom. The highest BCUT2D eigenvalue weighted by Gasteiger charge is 2.33. The lowest BCUT2D eigenvalue weighted by atomic mass is 9.78. The average Bonchev–Trinajstić information content (AvgIpc) is 3.34. The van der Waals surface area contributed by atoms with E-state index < -0.39 is 0 Å². The SMILES string of the molecule is Clc1ccc2c(c1)CNCc1nnc(C3CCC(c4noc5c4CCCC5)CC3)n1-2. The molecule has 0 atom stereocenters. The summed E-state index contributed by atoms with van der Waals surface area (Å²) in [5.41, 5.74) is 5.02. The van der Waals surface area contributed by atoms with Gasteiger partial charge in [0.05, 0.1) is 17.9 Å². The lowest BCUT2D eigenvalue weighted by molar-refractivity contribution is 0.341. The molecule has 1 N–H and O–H groups in total. The number of fused-ring (bicyclic) bond motifs is 4. The number of aryl methyl sites for hydroxylation is 1. The van der Waals surface area contributed by atoms with E-state index in [1.54, 1.807) is 0 Å². The molecule has 1 aliphatic heterocycles. The predicted molar refractivity (Wildman–Crippen MR) is 114 cm³/mol. The van der Waals surface area contributed by atoms with Gasteiger partial charge in [-0.15, -0.1) is 10.2 Å². The molecule has 30 heavy (non-hydrogen) atoms. The quantitative estimate of drug-likeness (QED) is 0.639. The Morgan fingerprint density at radius 2 is 1.83 bits per heavy atom. The molecule has 0 radical (unpaired) electrons. The van der Waals surface area contributed by atoms with Crippen molar-refractivity contribution in [2.24, 2.45) is 0 Å². The monoisotopic (exact) mass is 423 g/mol. The van der Waals surface area contributed by atoms with Crippen molar-refractivity contribution >= 4 is 11.6 Å². The minimum absolute atomic E-state index is 0.423. The van der Waals surface area contributed by atoms with E-state index in [2.05, 4.69) is 31.3 Å². The summed E-state index contributed by atoms with van der Waals surface area (Å²) in [6.45, 7) is 1.52. The maximum absolute atomic E-state index is 6.25. The second-order valence-electron chi connectivity index (χ2n) is 8.91. The fourth-order valence-electron chi connectivity index (χ4n) is 5.55. The van der Waals surface area contributed by atoms with Crippen LogP contribution in [0.5, 0.6) is 0 Å². The van der Waals surface area contributed by atoms with Crippen LogP contribution in [-0.2, 0) is 25.9 Å². The molecule has 0 unspecified atom stereocenters. The van der Waals surface area contributed by atoms with Gasteiger partial charge in [0, 0.05) is 35.4 Å². The van der Waals surface area contributed by atoms with Crippen LogP contribution < -0.4 is 5.32 Å². The topological polar surface area (TPSA) is 68.8 Å². The zero-order chi connectivity index (χ0) is 20.1. The molecule has 0 bridgehead atoms. The predicted octanol–water partition coefficient (Wildman–Crippen LogP) is 4.83. The zero-order valence-electron chi connectivity index (χ0n) is 17.0. The fourth-order valence-corrected chi connectivity index (χ4v) is 5.74. The number of rotatable bonds is 2. The van der Waals surface area contributed by atoms with Gasteiger partial charge in [0.2, 0.25) is 0 Å². The van der Waals surface area contributed by atoms with Crippen molar-refractivity contribution in [1.82, 2.24) is 25.2 Å². The zero-order valence-corrected chi connectivity index (χ0v) is 17.8. The normalized spacial score (nSPS) is 23.4. The first-order valence-electron chi connectivity index (χ1n) is 11.2. The number of nitrogens with zero attached hydrogens (tertiary/aromatic N) is 4. The first-order chi connectivity index (χ1) is 14.8. The van der Waals surface area contributed by atoms with E-state index >= 15 is 0 Å². The molecule has 6 rings (SSSR count). The lowest BCUT2D eigenvalue weighted by Crippen LogP contribution is -2.18. The van der Waals surface area contributed by atoms with Crippen molar-refractivity contribution in [3.63, 3.8) is 0 Å². The fraction of sp³-hybridized carbons (Fsp3) is 0.522. The van der Waals surface area contributed by atoms with E-state index in [0.717, 1.165) is 79.7 Å². The van der Waals surface area contributed by atoms with Gasteiger partial charge in [-0.25, -0.2) is 0 Å². The molecule has 2 aliphatic carbocycles. The third kappa shape index (κ3) is 3.08. The summed E-state index contributed by atoms with van der Waals surface area (Å²) in [7, 11) is 0. The Bertz CT molecular complexity index is 1080. The van der Waals surface area contributed by atoms with E-state index in [1.165, 1.54) is 29.7 Å². The van der Waals surface area contributed by atoms with Crippen LogP contribution >= 0.6 is 11.6 Å². The Morgan fingerprint density at radius 3 is 2.73 bits per heavy atom. The van der Waals surface area contributed by atoms with E-state index in [0.29, 0.717) is 11.8 Å². The van der Waals surface area contributed by atoms with Gasteiger partial charge in [-0.1, -0.05) is 16.8 Å². The summed E-state index contributed by atoms with van der Waals surface area (Å²) in [6.07, 6.45) is 9.18. The summed E-state index contributed by atoms with van der Waals surface area (Å²) >= 11 is 6.25. The van der Waals surface area contributed by atoms with E-state index in [9.17, 15) is 0 Å². The average molecular weight is 424 g/mol. The molecule has 1 aromatic carbocycles. The van der Waals surface area contributed by atoms with Gasteiger partial charge >= 0.3 is 0 Å². The van der Waals surface area contributed by atoms with Gasteiger partial charge in [0.15, 0.2) is 5.82 Å². The highest BCUT2D eigenvalue weighted by molar-refractivity contribution is 6.30. The van der Waals surface area contributed by atoms with Crippen LogP contribution in [-0.4, -0.2) is 19.9 Å². The number of halogens is 1. The van der Waals surface area contributed by atoms with Crippen molar-refractivity contribution in [2.75, 3.05) is 0 Å². The van der Waals surface area contributed by atoms with Crippen molar-refractivity contribution in [2.45, 2.75) is 76.3 Å². The summed E-state index contributed by atoms with van der Waals surface area (Å²) in [4.78, 5) is 0. The number of nitrogens with one attached hydrogen (secondary N) is 1. The molecule has 7 heteroatoms. The number of aromatic nitrogens is 4. The van der Waals surface area contributed by atoms with Crippen molar-refractivity contribution in [1.29, 1.82) is 0 Å². The third-order valence-corrected chi connectivity index (χ3v) is 7.33. The van der Waals surface area contributed by atoms with Crippen molar-refractivity contribution in [3.8, 4) is 5.69 Å². The van der Waals surface area contributed by atoms with Crippen molar-refractivity contribution in [3.05, 3.63) is 57.5 Å². The van der Waals surface area contributed by atoms with E-state index in [1.807, 2.05) is 12.1 Å². The minimum atomic E-state index is 0.423. The van der Waals surface area contributed by atoms with Gasteiger partial charge in [-0.3, -0.25) is 4.57 Å². The van der Waals surface area contributed by atoms with Crippen LogP contribution in [0, 0.1) is 0 Å². The molecular formula is C23H26ClN5O. The molecular weight excluding hydrogens is 398 g/mol. The standard InChI is InChI=1S/C23H26ClN5O/c24-17-9-10-19-16(11-17)12-25-13-21-26-27-23(29(19)21)15-7-5-14(6-8-15)22-18-3-1-2-4-20(18)30-28-22/h9-11,14-15,25H,1-8,12-13H2. The van der Waals surface area contributed by atoms with Crippen LogP contribution in [0.3, 0.4) is 0 Å². The molecule has 156 valence electrons. The first-order valence-corrected chi connectivity index (χ1v) is 11.6. The molecule has 3 heterocycles. The molecule has 0 spiro atoms. The van der Waals surface area contributed by atoms with Gasteiger partial charge in [0.1, 0.15) is 11.6 Å². The van der Waals surface area contributed by atoms with Crippen LogP contribution in [0.1, 0.15) is 84.6 Å². The number of benzene rings is 1. The van der Waals surface area contributed by atoms with E-state index in [4.69, 9.17) is 16.1 Å². The number of hydrogen-bond acceptors (Lipinski definition) is 5. The van der Waals surface area contributed by atoms with Crippen LogP contribution in [0.2, 0.25) is 5.02 Å². The van der Waals surface area contributed by atoms with Crippen LogP contribution in [0.25, 0.3) is 5.69 Å². The third-order valence-electron chi connectivity index (χ3n) is 7.10. The highest BCUT2D eigenvalue weighted by Crippen LogP contribution is 2.43.